The molecule has 1 aliphatic carbocycles. The average molecular weight is 460 g/mol. The van der Waals surface area contributed by atoms with E-state index < -0.39 is 35.7 Å². The minimum absolute atomic E-state index is 0.124. The minimum Gasteiger partial charge on any atom is -0.368 e. The molecule has 170 valence electrons. The number of hydrogen-bond donors (Lipinski definition) is 4. The maximum absolute atomic E-state index is 13.5. The van der Waals surface area contributed by atoms with Crippen LogP contribution in [0.1, 0.15) is 48.6 Å². The number of rotatable bonds is 9. The molecular weight excluding hydrogens is 434 g/mol. The molecular formula is C22H26ClN5O4. The molecule has 0 spiro atoms. The molecule has 0 radical (unpaired) electrons. The van der Waals surface area contributed by atoms with Crippen LogP contribution in [0.5, 0.6) is 0 Å². The van der Waals surface area contributed by atoms with Crippen molar-refractivity contribution in [2.24, 2.45) is 23.3 Å². The van der Waals surface area contributed by atoms with E-state index in [1.807, 2.05) is 0 Å². The van der Waals surface area contributed by atoms with Gasteiger partial charge in [0, 0.05) is 17.8 Å². The van der Waals surface area contributed by atoms with E-state index in [2.05, 4.69) is 10.6 Å². The zero-order valence-corrected chi connectivity index (χ0v) is 18.2. The van der Waals surface area contributed by atoms with Gasteiger partial charge < -0.3 is 26.7 Å². The summed E-state index contributed by atoms with van der Waals surface area (Å²) in [7, 11) is 0. The Kier molecular flexibility index (Phi) is 6.10. The lowest BCUT2D eigenvalue weighted by Gasteiger charge is -2.25. The number of fused-ring (bicyclic) bond motifs is 1. The number of carbonyl (C=O) groups excluding carboxylic acids is 4. The summed E-state index contributed by atoms with van der Waals surface area (Å²) in [6, 6.07) is 5.04. The summed E-state index contributed by atoms with van der Waals surface area (Å²) in [6.07, 6.45) is 3.12. The fourth-order valence-corrected chi connectivity index (χ4v) is 4.69. The first kappa shape index (κ1) is 22.1. The maximum Gasteiger partial charge on any atom is 0.265 e. The summed E-state index contributed by atoms with van der Waals surface area (Å²) in [6.45, 7) is 0.531. The first-order valence-corrected chi connectivity index (χ1v) is 11.1. The van der Waals surface area contributed by atoms with Crippen molar-refractivity contribution < 1.29 is 19.2 Å². The minimum atomic E-state index is -1.01. The van der Waals surface area contributed by atoms with Crippen LogP contribution in [0, 0.1) is 11.8 Å². The van der Waals surface area contributed by atoms with Gasteiger partial charge >= 0.3 is 0 Å². The quantitative estimate of drug-likeness (QED) is 0.446. The molecule has 3 atom stereocenters. The molecule has 1 aliphatic heterocycles. The summed E-state index contributed by atoms with van der Waals surface area (Å²) >= 11 is 6.44. The lowest BCUT2D eigenvalue weighted by Crippen LogP contribution is -2.48. The van der Waals surface area contributed by atoms with Crippen LogP contribution in [-0.2, 0) is 14.4 Å². The standard InChI is InChI=1S/C22H26ClN5O4/c23-14-3-1-2-12-10-16(20(25)30)28(18(12)14)17(8-11-4-5-11)22(32)27-15(19(24)29)9-13-6-7-26-21(13)31/h1-3,10-11,13,15,17H,4-9H2,(H2,24,29)(H2,25,30)(H,26,31)(H,27,32)/t13-,15-,17-/m0/s1. The van der Waals surface area contributed by atoms with Gasteiger partial charge in [-0.3, -0.25) is 19.2 Å². The first-order valence-electron chi connectivity index (χ1n) is 10.7. The second-order valence-electron chi connectivity index (χ2n) is 8.61. The molecule has 2 fully saturated rings. The highest BCUT2D eigenvalue weighted by molar-refractivity contribution is 6.35. The molecule has 1 aromatic heterocycles. The van der Waals surface area contributed by atoms with Crippen molar-refractivity contribution in [1.29, 1.82) is 0 Å². The highest BCUT2D eigenvalue weighted by Gasteiger charge is 2.36. The van der Waals surface area contributed by atoms with Crippen molar-refractivity contribution in [1.82, 2.24) is 15.2 Å². The van der Waals surface area contributed by atoms with Crippen LogP contribution in [0.4, 0.5) is 0 Å². The molecule has 0 bridgehead atoms. The van der Waals surface area contributed by atoms with Crippen LogP contribution in [0.2, 0.25) is 5.02 Å². The molecule has 0 unspecified atom stereocenters. The first-order chi connectivity index (χ1) is 15.3. The molecule has 10 heteroatoms. The van der Waals surface area contributed by atoms with Gasteiger partial charge in [0.15, 0.2) is 0 Å². The number of hydrogen-bond acceptors (Lipinski definition) is 4. The number of nitrogens with zero attached hydrogens (tertiary/aromatic N) is 1. The Labute approximate surface area is 189 Å². The van der Waals surface area contributed by atoms with Gasteiger partial charge in [0.2, 0.25) is 17.7 Å². The third-order valence-electron chi connectivity index (χ3n) is 6.27. The van der Waals surface area contributed by atoms with E-state index in [0.29, 0.717) is 41.2 Å². The molecule has 6 N–H and O–H groups in total. The smallest absolute Gasteiger partial charge is 0.265 e. The number of para-hydroxylation sites is 1. The van der Waals surface area contributed by atoms with Gasteiger partial charge in [0.05, 0.1) is 10.5 Å². The van der Waals surface area contributed by atoms with Gasteiger partial charge in [-0.05, 0) is 37.3 Å². The van der Waals surface area contributed by atoms with Gasteiger partial charge in [-0.15, -0.1) is 0 Å². The Hall–Kier alpha value is -3.07. The number of primary amides is 2. The van der Waals surface area contributed by atoms with E-state index in [-0.39, 0.29) is 18.0 Å². The highest BCUT2D eigenvalue weighted by Crippen LogP contribution is 2.40. The van der Waals surface area contributed by atoms with E-state index in [9.17, 15) is 19.2 Å². The van der Waals surface area contributed by atoms with Gasteiger partial charge in [-0.25, -0.2) is 0 Å². The molecule has 2 aliphatic rings. The predicted octanol–water partition coefficient (Wildman–Crippen LogP) is 1.23. The zero-order valence-electron chi connectivity index (χ0n) is 17.5. The summed E-state index contributed by atoms with van der Waals surface area (Å²) in [5.74, 6) is -2.08. The molecule has 1 saturated heterocycles. The summed E-state index contributed by atoms with van der Waals surface area (Å²) < 4.78 is 1.58. The van der Waals surface area contributed by atoms with E-state index in [1.165, 1.54) is 0 Å². The third-order valence-corrected chi connectivity index (χ3v) is 6.58. The van der Waals surface area contributed by atoms with Gasteiger partial charge in [-0.1, -0.05) is 36.6 Å². The lowest BCUT2D eigenvalue weighted by molar-refractivity contribution is -0.131. The topological polar surface area (TPSA) is 149 Å². The Bertz CT molecular complexity index is 1090. The number of carbonyl (C=O) groups is 4. The van der Waals surface area contributed by atoms with Crippen LogP contribution in [-0.4, -0.2) is 40.8 Å². The molecule has 2 heterocycles. The van der Waals surface area contributed by atoms with Gasteiger partial charge in [-0.2, -0.15) is 0 Å². The Morgan fingerprint density at radius 1 is 1.19 bits per heavy atom. The Balaban J connectivity index is 1.68. The fourth-order valence-electron chi connectivity index (χ4n) is 4.42. The number of aromatic nitrogens is 1. The SMILES string of the molecule is NC(=O)c1cc2cccc(Cl)c2n1[C@@H](CC1CC1)C(=O)N[C@@H](C[C@@H]1CCNC1=O)C(N)=O. The second kappa shape index (κ2) is 8.82. The van der Waals surface area contributed by atoms with Crippen molar-refractivity contribution in [3.8, 4) is 0 Å². The van der Waals surface area contributed by atoms with Crippen molar-refractivity contribution in [3.63, 3.8) is 0 Å². The van der Waals surface area contributed by atoms with Gasteiger partial charge in [0.25, 0.3) is 5.91 Å². The largest absolute Gasteiger partial charge is 0.368 e. The van der Waals surface area contributed by atoms with Crippen LogP contribution in [0.15, 0.2) is 24.3 Å². The highest BCUT2D eigenvalue weighted by atomic mass is 35.5. The van der Waals surface area contributed by atoms with Gasteiger partial charge in [0.1, 0.15) is 17.8 Å². The number of amides is 4. The lowest BCUT2D eigenvalue weighted by atomic mass is 9.97. The van der Waals surface area contributed by atoms with Crippen LogP contribution in [0.3, 0.4) is 0 Å². The molecule has 4 amide bonds. The number of benzene rings is 1. The third kappa shape index (κ3) is 4.43. The maximum atomic E-state index is 13.5. The Morgan fingerprint density at radius 2 is 1.94 bits per heavy atom. The average Bonchev–Trinajstić information content (AvgIpc) is 3.34. The summed E-state index contributed by atoms with van der Waals surface area (Å²) in [5, 5.41) is 6.52. The number of nitrogens with two attached hydrogens (primary N) is 2. The van der Waals surface area contributed by atoms with E-state index in [4.69, 9.17) is 23.1 Å². The summed E-state index contributed by atoms with van der Waals surface area (Å²) in [5.41, 5.74) is 11.9. The predicted molar refractivity (Wildman–Crippen MR) is 119 cm³/mol. The van der Waals surface area contributed by atoms with E-state index in [0.717, 1.165) is 12.8 Å². The molecule has 4 rings (SSSR count). The molecule has 2 aromatic rings. The normalized spacial score (nSPS) is 20.0. The second-order valence-corrected chi connectivity index (χ2v) is 9.02. The van der Waals surface area contributed by atoms with Crippen molar-refractivity contribution in [2.45, 2.75) is 44.2 Å². The monoisotopic (exact) mass is 459 g/mol. The van der Waals surface area contributed by atoms with Crippen LogP contribution in [0.25, 0.3) is 10.9 Å². The molecule has 1 aromatic carbocycles. The van der Waals surface area contributed by atoms with E-state index in [1.54, 1.807) is 28.8 Å². The number of halogens is 1. The summed E-state index contributed by atoms with van der Waals surface area (Å²) in [4.78, 5) is 49.7. The molecule has 1 saturated carbocycles. The fraction of sp³-hybridized carbons (Fsp3) is 0.455. The zero-order chi connectivity index (χ0) is 23.0. The number of nitrogens with one attached hydrogen (secondary N) is 2. The Morgan fingerprint density at radius 3 is 2.53 bits per heavy atom. The van der Waals surface area contributed by atoms with Crippen LogP contribution < -0.4 is 22.1 Å². The van der Waals surface area contributed by atoms with E-state index >= 15 is 0 Å². The van der Waals surface area contributed by atoms with Crippen molar-refractivity contribution in [2.75, 3.05) is 6.54 Å². The van der Waals surface area contributed by atoms with Crippen LogP contribution >= 0.6 is 11.6 Å². The van der Waals surface area contributed by atoms with Crippen molar-refractivity contribution in [3.05, 3.63) is 35.0 Å². The molecule has 32 heavy (non-hydrogen) atoms. The van der Waals surface area contributed by atoms with Crippen molar-refractivity contribution >= 4 is 46.1 Å². The molecule has 9 nitrogen and oxygen atoms in total.